The summed E-state index contributed by atoms with van der Waals surface area (Å²) in [5.74, 6) is 0. The van der Waals surface area contributed by atoms with Crippen molar-refractivity contribution < 1.29 is 0 Å². The molecule has 0 aliphatic rings. The zero-order chi connectivity index (χ0) is 11.5. The summed E-state index contributed by atoms with van der Waals surface area (Å²) < 4.78 is 0.781. The second kappa shape index (κ2) is 5.36. The molecule has 84 valence electrons. The van der Waals surface area contributed by atoms with Crippen LogP contribution in [0.5, 0.6) is 0 Å². The SMILES string of the molecule is Clc1csc(CNc2cnc(Cl)c(Br)c2)c1. The lowest BCUT2D eigenvalue weighted by Crippen LogP contribution is -1.97. The van der Waals surface area contributed by atoms with Gasteiger partial charge in [-0.05, 0) is 28.1 Å². The van der Waals surface area contributed by atoms with Crippen LogP contribution in [0.4, 0.5) is 5.69 Å². The highest BCUT2D eigenvalue weighted by Crippen LogP contribution is 2.24. The average molecular weight is 338 g/mol. The fourth-order valence-electron chi connectivity index (χ4n) is 1.15. The van der Waals surface area contributed by atoms with Crippen LogP contribution in [0.2, 0.25) is 10.2 Å². The van der Waals surface area contributed by atoms with E-state index in [2.05, 4.69) is 26.2 Å². The lowest BCUT2D eigenvalue weighted by atomic mass is 10.4. The van der Waals surface area contributed by atoms with E-state index >= 15 is 0 Å². The molecule has 2 aromatic heterocycles. The maximum Gasteiger partial charge on any atom is 0.143 e. The van der Waals surface area contributed by atoms with Crippen LogP contribution in [-0.4, -0.2) is 4.98 Å². The summed E-state index contributed by atoms with van der Waals surface area (Å²) in [6.07, 6.45) is 1.70. The topological polar surface area (TPSA) is 24.9 Å². The van der Waals surface area contributed by atoms with Crippen LogP contribution in [0, 0.1) is 0 Å². The summed E-state index contributed by atoms with van der Waals surface area (Å²) in [4.78, 5) is 5.21. The molecule has 2 aromatic rings. The van der Waals surface area contributed by atoms with E-state index in [1.807, 2.05) is 17.5 Å². The molecule has 0 saturated carbocycles. The molecule has 0 aromatic carbocycles. The van der Waals surface area contributed by atoms with Crippen LogP contribution in [0.1, 0.15) is 4.88 Å². The van der Waals surface area contributed by atoms with E-state index in [-0.39, 0.29) is 0 Å². The molecule has 0 unspecified atom stereocenters. The van der Waals surface area contributed by atoms with Gasteiger partial charge in [-0.15, -0.1) is 11.3 Å². The Labute approximate surface area is 116 Å². The van der Waals surface area contributed by atoms with Crippen LogP contribution >= 0.6 is 50.5 Å². The van der Waals surface area contributed by atoms with Gasteiger partial charge in [-0.25, -0.2) is 4.98 Å². The predicted octanol–water partition coefficient (Wildman–Crippen LogP) is 4.82. The van der Waals surface area contributed by atoms with Gasteiger partial charge in [-0.1, -0.05) is 23.2 Å². The van der Waals surface area contributed by atoms with Crippen molar-refractivity contribution >= 4 is 56.2 Å². The van der Waals surface area contributed by atoms with Crippen LogP contribution in [0.3, 0.4) is 0 Å². The fraction of sp³-hybridized carbons (Fsp3) is 0.100. The number of pyridine rings is 1. The number of nitrogens with one attached hydrogen (secondary N) is 1. The minimum Gasteiger partial charge on any atom is -0.379 e. The molecular formula is C10H7BrCl2N2S. The molecule has 2 nitrogen and oxygen atoms in total. The summed E-state index contributed by atoms with van der Waals surface area (Å²) in [5, 5.41) is 6.39. The quantitative estimate of drug-likeness (QED) is 0.812. The average Bonchev–Trinajstić information content (AvgIpc) is 2.66. The Morgan fingerprint density at radius 3 is 2.81 bits per heavy atom. The van der Waals surface area contributed by atoms with Crippen molar-refractivity contribution in [1.82, 2.24) is 4.98 Å². The molecule has 16 heavy (non-hydrogen) atoms. The minimum absolute atomic E-state index is 0.463. The second-order valence-electron chi connectivity index (χ2n) is 3.08. The molecule has 1 N–H and O–H groups in total. The molecule has 0 atom stereocenters. The summed E-state index contributed by atoms with van der Waals surface area (Å²) in [6, 6.07) is 3.84. The van der Waals surface area contributed by atoms with E-state index in [1.165, 1.54) is 4.88 Å². The van der Waals surface area contributed by atoms with Crippen LogP contribution in [0.15, 0.2) is 28.2 Å². The first kappa shape index (κ1) is 12.2. The Kier molecular flexibility index (Phi) is 4.08. The lowest BCUT2D eigenvalue weighted by Gasteiger charge is -2.05. The van der Waals surface area contributed by atoms with Gasteiger partial charge in [-0.2, -0.15) is 0 Å². The Morgan fingerprint density at radius 1 is 1.38 bits per heavy atom. The summed E-state index contributed by atoms with van der Waals surface area (Å²) in [6.45, 7) is 0.729. The summed E-state index contributed by atoms with van der Waals surface area (Å²) in [7, 11) is 0. The van der Waals surface area contributed by atoms with Crippen LogP contribution < -0.4 is 5.32 Å². The van der Waals surface area contributed by atoms with E-state index in [1.54, 1.807) is 17.5 Å². The molecule has 2 heterocycles. The van der Waals surface area contributed by atoms with Gasteiger partial charge in [0.25, 0.3) is 0 Å². The Balaban J connectivity index is 2.02. The standard InChI is InChI=1S/C10H7BrCl2N2S/c11-9-2-7(3-15-10(9)13)14-4-8-1-6(12)5-16-8/h1-3,5,14H,4H2. The third kappa shape index (κ3) is 3.10. The third-order valence-electron chi connectivity index (χ3n) is 1.88. The van der Waals surface area contributed by atoms with Crippen molar-refractivity contribution in [2.45, 2.75) is 6.54 Å². The van der Waals surface area contributed by atoms with Crippen LogP contribution in [-0.2, 0) is 6.54 Å². The zero-order valence-electron chi connectivity index (χ0n) is 8.01. The highest BCUT2D eigenvalue weighted by molar-refractivity contribution is 9.10. The highest BCUT2D eigenvalue weighted by Gasteiger charge is 2.01. The van der Waals surface area contributed by atoms with Crippen molar-refractivity contribution in [2.75, 3.05) is 5.32 Å². The molecule has 0 amide bonds. The largest absolute Gasteiger partial charge is 0.379 e. The molecule has 6 heteroatoms. The molecular weight excluding hydrogens is 331 g/mol. The van der Waals surface area contributed by atoms with Gasteiger partial charge in [0.05, 0.1) is 21.4 Å². The number of anilines is 1. The zero-order valence-corrected chi connectivity index (χ0v) is 11.9. The molecule has 0 aliphatic carbocycles. The molecule has 0 bridgehead atoms. The van der Waals surface area contributed by atoms with Gasteiger partial charge >= 0.3 is 0 Å². The normalized spacial score (nSPS) is 10.4. The number of nitrogens with zero attached hydrogens (tertiary/aromatic N) is 1. The van der Waals surface area contributed by atoms with E-state index in [9.17, 15) is 0 Å². The predicted molar refractivity (Wildman–Crippen MR) is 73.6 cm³/mol. The smallest absolute Gasteiger partial charge is 0.143 e. The molecule has 0 radical (unpaired) electrons. The first-order valence-electron chi connectivity index (χ1n) is 4.43. The first-order chi connectivity index (χ1) is 7.65. The lowest BCUT2D eigenvalue weighted by molar-refractivity contribution is 1.17. The number of hydrogen-bond acceptors (Lipinski definition) is 3. The summed E-state index contributed by atoms with van der Waals surface area (Å²) in [5.41, 5.74) is 0.917. The fourth-order valence-corrected chi connectivity index (χ4v) is 2.62. The number of rotatable bonds is 3. The maximum absolute atomic E-state index is 5.83. The second-order valence-corrected chi connectivity index (χ2v) is 5.73. The van der Waals surface area contributed by atoms with E-state index < -0.39 is 0 Å². The highest BCUT2D eigenvalue weighted by atomic mass is 79.9. The number of aromatic nitrogens is 1. The van der Waals surface area contributed by atoms with Gasteiger partial charge < -0.3 is 5.32 Å². The Bertz CT molecular complexity index is 501. The minimum atomic E-state index is 0.463. The first-order valence-corrected chi connectivity index (χ1v) is 6.86. The third-order valence-corrected chi connectivity index (χ3v) is 4.30. The van der Waals surface area contributed by atoms with Crippen molar-refractivity contribution in [2.24, 2.45) is 0 Å². The molecule has 0 spiro atoms. The van der Waals surface area contributed by atoms with Gasteiger partial charge in [0.15, 0.2) is 0 Å². The van der Waals surface area contributed by atoms with E-state index in [0.717, 1.165) is 21.7 Å². The van der Waals surface area contributed by atoms with Crippen molar-refractivity contribution in [1.29, 1.82) is 0 Å². The maximum atomic E-state index is 5.83. The van der Waals surface area contributed by atoms with Gasteiger partial charge in [-0.3, -0.25) is 0 Å². The van der Waals surface area contributed by atoms with E-state index in [4.69, 9.17) is 23.2 Å². The van der Waals surface area contributed by atoms with Gasteiger partial charge in [0.1, 0.15) is 5.15 Å². The van der Waals surface area contributed by atoms with Crippen LogP contribution in [0.25, 0.3) is 0 Å². The summed E-state index contributed by atoms with van der Waals surface area (Å²) >= 11 is 16.6. The molecule has 0 fully saturated rings. The van der Waals surface area contributed by atoms with Gasteiger partial charge in [0, 0.05) is 16.8 Å². The Hall–Kier alpha value is -0.290. The number of hydrogen-bond donors (Lipinski definition) is 1. The Morgan fingerprint density at radius 2 is 2.19 bits per heavy atom. The van der Waals surface area contributed by atoms with Crippen molar-refractivity contribution in [3.8, 4) is 0 Å². The molecule has 0 aliphatic heterocycles. The molecule has 0 saturated heterocycles. The van der Waals surface area contributed by atoms with Crippen molar-refractivity contribution in [3.63, 3.8) is 0 Å². The van der Waals surface area contributed by atoms with E-state index in [0.29, 0.717) is 5.15 Å². The monoisotopic (exact) mass is 336 g/mol. The number of thiophene rings is 1. The van der Waals surface area contributed by atoms with Gasteiger partial charge in [0.2, 0.25) is 0 Å². The molecule has 2 rings (SSSR count). The number of halogens is 3. The van der Waals surface area contributed by atoms with Crippen molar-refractivity contribution in [3.05, 3.63) is 43.2 Å².